The summed E-state index contributed by atoms with van der Waals surface area (Å²) >= 11 is 0. The second kappa shape index (κ2) is 8.53. The Labute approximate surface area is 157 Å². The van der Waals surface area contributed by atoms with E-state index in [0.29, 0.717) is 12.0 Å². The zero-order valence-corrected chi connectivity index (χ0v) is 16.7. The van der Waals surface area contributed by atoms with Gasteiger partial charge in [-0.15, -0.1) is 0 Å². The third-order valence-corrected chi connectivity index (χ3v) is 6.15. The predicted octanol–water partition coefficient (Wildman–Crippen LogP) is 2.11. The number of imidazole rings is 1. The average molecular weight is 362 g/mol. The van der Waals surface area contributed by atoms with Crippen molar-refractivity contribution in [3.8, 4) is 0 Å². The highest BCUT2D eigenvalue weighted by Crippen LogP contribution is 2.43. The van der Waals surface area contributed by atoms with E-state index in [1.165, 1.54) is 12.8 Å². The first kappa shape index (κ1) is 19.4. The molecule has 26 heavy (non-hydrogen) atoms. The zero-order valence-electron chi connectivity index (χ0n) is 16.7. The molecule has 2 fully saturated rings. The van der Waals surface area contributed by atoms with Crippen LogP contribution in [0.3, 0.4) is 0 Å². The van der Waals surface area contributed by atoms with E-state index in [1.54, 1.807) is 0 Å². The van der Waals surface area contributed by atoms with E-state index in [2.05, 4.69) is 45.6 Å². The minimum absolute atomic E-state index is 0.0212. The van der Waals surface area contributed by atoms with Gasteiger partial charge in [-0.2, -0.15) is 0 Å². The topological polar surface area (TPSA) is 53.4 Å². The number of hydrogen-bond acceptors (Lipinski definition) is 4. The van der Waals surface area contributed by atoms with Gasteiger partial charge >= 0.3 is 0 Å². The Morgan fingerprint density at radius 2 is 2.00 bits per heavy atom. The van der Waals surface area contributed by atoms with Crippen LogP contribution in [0.2, 0.25) is 0 Å². The Bertz CT molecular complexity index is 591. The molecule has 0 bridgehead atoms. The number of aryl methyl sites for hydroxylation is 1. The van der Waals surface area contributed by atoms with Crippen LogP contribution in [-0.2, 0) is 17.9 Å². The molecule has 2 aliphatic heterocycles. The van der Waals surface area contributed by atoms with Crippen molar-refractivity contribution in [1.82, 2.24) is 24.7 Å². The van der Waals surface area contributed by atoms with Crippen LogP contribution >= 0.6 is 0 Å². The molecule has 1 amide bonds. The van der Waals surface area contributed by atoms with E-state index in [9.17, 15) is 4.79 Å². The lowest BCUT2D eigenvalue weighted by Crippen LogP contribution is -2.43. The fraction of sp³-hybridized carbons (Fsp3) is 0.800. The van der Waals surface area contributed by atoms with E-state index >= 15 is 0 Å². The number of amides is 1. The van der Waals surface area contributed by atoms with Crippen molar-refractivity contribution >= 4 is 5.91 Å². The number of hydrogen-bond donors (Lipinski definition) is 1. The van der Waals surface area contributed by atoms with E-state index in [-0.39, 0.29) is 11.9 Å². The van der Waals surface area contributed by atoms with Crippen molar-refractivity contribution in [2.75, 3.05) is 33.2 Å². The van der Waals surface area contributed by atoms with Crippen LogP contribution < -0.4 is 5.32 Å². The summed E-state index contributed by atoms with van der Waals surface area (Å²) < 4.78 is 2.14. The molecule has 1 spiro atoms. The molecule has 1 aromatic rings. The monoisotopic (exact) mass is 361 g/mol. The fourth-order valence-corrected chi connectivity index (χ4v) is 4.62. The van der Waals surface area contributed by atoms with Crippen LogP contribution in [0.15, 0.2) is 12.4 Å². The molecule has 3 rings (SSSR count). The molecule has 1 N–H and O–H groups in total. The number of carbonyl (C=O) groups excluding carboxylic acids is 1. The van der Waals surface area contributed by atoms with Gasteiger partial charge in [0.2, 0.25) is 5.91 Å². The summed E-state index contributed by atoms with van der Waals surface area (Å²) in [4.78, 5) is 22.2. The molecule has 146 valence electrons. The second-order valence-electron chi connectivity index (χ2n) is 8.25. The largest absolute Gasteiger partial charge is 0.348 e. The lowest BCUT2D eigenvalue weighted by atomic mass is 9.76. The third kappa shape index (κ3) is 4.29. The molecule has 0 aliphatic carbocycles. The van der Waals surface area contributed by atoms with Crippen LogP contribution in [0.25, 0.3) is 0 Å². The maximum Gasteiger partial charge on any atom is 0.237 e. The summed E-state index contributed by atoms with van der Waals surface area (Å²) in [5.74, 6) is 1.13. The van der Waals surface area contributed by atoms with Crippen molar-refractivity contribution in [2.24, 2.45) is 5.41 Å². The Morgan fingerprint density at radius 1 is 1.27 bits per heavy atom. The van der Waals surface area contributed by atoms with E-state index in [0.717, 1.165) is 57.8 Å². The minimum Gasteiger partial charge on any atom is -0.348 e. The molecule has 2 aliphatic rings. The van der Waals surface area contributed by atoms with Crippen LogP contribution in [0.5, 0.6) is 0 Å². The van der Waals surface area contributed by atoms with Gasteiger partial charge in [0.1, 0.15) is 5.82 Å². The standard InChI is InChI=1S/C20H35N5O/c1-4-9-24-13-8-21-18(24)15-22-19(26)17-14-20(16-25(17)10-5-2)6-11-23(3)12-7-20/h8,13,17H,4-7,9-12,14-16H2,1-3H3,(H,22,26)/t17-/m1/s1. The first-order valence-electron chi connectivity index (χ1n) is 10.3. The van der Waals surface area contributed by atoms with Crippen molar-refractivity contribution in [3.05, 3.63) is 18.2 Å². The molecular formula is C20H35N5O. The van der Waals surface area contributed by atoms with Gasteiger partial charge in [-0.25, -0.2) is 4.98 Å². The number of nitrogens with one attached hydrogen (secondary N) is 1. The van der Waals surface area contributed by atoms with Crippen molar-refractivity contribution in [3.63, 3.8) is 0 Å². The Kier molecular flexibility index (Phi) is 6.35. The average Bonchev–Trinajstić information content (AvgIpc) is 3.22. The molecule has 0 radical (unpaired) electrons. The summed E-state index contributed by atoms with van der Waals surface area (Å²) in [6.07, 6.45) is 9.43. The Balaban J connectivity index is 1.62. The number of likely N-dealkylation sites (tertiary alicyclic amines) is 2. The number of aromatic nitrogens is 2. The van der Waals surface area contributed by atoms with Crippen LogP contribution in [0, 0.1) is 5.41 Å². The Hall–Kier alpha value is -1.40. The number of nitrogens with zero attached hydrogens (tertiary/aromatic N) is 4. The normalized spacial score (nSPS) is 23.6. The van der Waals surface area contributed by atoms with Crippen molar-refractivity contribution in [2.45, 2.75) is 65.1 Å². The summed E-state index contributed by atoms with van der Waals surface area (Å²) in [6.45, 7) is 10.2. The maximum atomic E-state index is 13.0. The smallest absolute Gasteiger partial charge is 0.237 e. The van der Waals surface area contributed by atoms with Gasteiger partial charge in [0.05, 0.1) is 12.6 Å². The van der Waals surface area contributed by atoms with Crippen LogP contribution in [-0.4, -0.2) is 64.5 Å². The SMILES string of the molecule is CCCN1CC2(CCN(C)CC2)C[C@@H]1C(=O)NCc1nccn1CCC. The highest BCUT2D eigenvalue weighted by Gasteiger charge is 2.47. The molecule has 0 unspecified atom stereocenters. The summed E-state index contributed by atoms with van der Waals surface area (Å²) in [5, 5.41) is 3.17. The van der Waals surface area contributed by atoms with E-state index in [1.807, 2.05) is 12.4 Å². The molecule has 0 aromatic carbocycles. The van der Waals surface area contributed by atoms with Gasteiger partial charge in [-0.3, -0.25) is 9.69 Å². The zero-order chi connectivity index (χ0) is 18.6. The molecular weight excluding hydrogens is 326 g/mol. The number of carbonyl (C=O) groups is 1. The molecule has 6 nitrogen and oxygen atoms in total. The van der Waals surface area contributed by atoms with Crippen LogP contribution in [0.1, 0.15) is 51.8 Å². The van der Waals surface area contributed by atoms with Gasteiger partial charge < -0.3 is 14.8 Å². The molecule has 6 heteroatoms. The van der Waals surface area contributed by atoms with Gasteiger partial charge in [-0.05, 0) is 64.2 Å². The lowest BCUT2D eigenvalue weighted by Gasteiger charge is -2.37. The number of rotatable bonds is 7. The van der Waals surface area contributed by atoms with Gasteiger partial charge in [0.25, 0.3) is 0 Å². The number of piperidine rings is 1. The maximum absolute atomic E-state index is 13.0. The minimum atomic E-state index is 0.0212. The lowest BCUT2D eigenvalue weighted by molar-refractivity contribution is -0.125. The molecule has 0 saturated carbocycles. The van der Waals surface area contributed by atoms with Crippen molar-refractivity contribution in [1.29, 1.82) is 0 Å². The molecule has 3 heterocycles. The van der Waals surface area contributed by atoms with E-state index in [4.69, 9.17) is 0 Å². The second-order valence-corrected chi connectivity index (χ2v) is 8.25. The van der Waals surface area contributed by atoms with E-state index < -0.39 is 0 Å². The van der Waals surface area contributed by atoms with Crippen molar-refractivity contribution < 1.29 is 4.79 Å². The first-order chi connectivity index (χ1) is 12.6. The third-order valence-electron chi connectivity index (χ3n) is 6.15. The highest BCUT2D eigenvalue weighted by atomic mass is 16.2. The summed E-state index contributed by atoms with van der Waals surface area (Å²) in [5.41, 5.74) is 0.338. The molecule has 1 atom stereocenters. The fourth-order valence-electron chi connectivity index (χ4n) is 4.62. The first-order valence-corrected chi connectivity index (χ1v) is 10.3. The van der Waals surface area contributed by atoms with Crippen LogP contribution in [0.4, 0.5) is 0 Å². The molecule has 2 saturated heterocycles. The molecule has 1 aromatic heterocycles. The highest BCUT2D eigenvalue weighted by molar-refractivity contribution is 5.82. The summed E-state index contributed by atoms with van der Waals surface area (Å²) in [6, 6.07) is 0.0212. The predicted molar refractivity (Wildman–Crippen MR) is 104 cm³/mol. The quantitative estimate of drug-likeness (QED) is 0.808. The van der Waals surface area contributed by atoms with Gasteiger partial charge in [0.15, 0.2) is 0 Å². The van der Waals surface area contributed by atoms with Gasteiger partial charge in [0, 0.05) is 25.5 Å². The Morgan fingerprint density at radius 3 is 2.69 bits per heavy atom. The van der Waals surface area contributed by atoms with Gasteiger partial charge in [-0.1, -0.05) is 13.8 Å². The summed E-state index contributed by atoms with van der Waals surface area (Å²) in [7, 11) is 2.20.